The summed E-state index contributed by atoms with van der Waals surface area (Å²) in [5.41, 5.74) is -0.335. The van der Waals surface area contributed by atoms with E-state index in [0.29, 0.717) is 11.8 Å². The normalized spacial score (nSPS) is 12.6. The van der Waals surface area contributed by atoms with Gasteiger partial charge in [0.25, 0.3) is 0 Å². The van der Waals surface area contributed by atoms with E-state index >= 15 is 0 Å². The summed E-state index contributed by atoms with van der Waals surface area (Å²) in [6.07, 6.45) is -3.81. The van der Waals surface area contributed by atoms with Crippen molar-refractivity contribution in [1.29, 1.82) is 0 Å². The lowest BCUT2D eigenvalue weighted by Crippen LogP contribution is -2.11. The summed E-state index contributed by atoms with van der Waals surface area (Å²) >= 11 is 6.06. The molecular formula is C9H5Br2F3O. The van der Waals surface area contributed by atoms with Gasteiger partial charge in [0.1, 0.15) is 0 Å². The van der Waals surface area contributed by atoms with Crippen LogP contribution in [0.1, 0.15) is 11.1 Å². The molecule has 82 valence electrons. The number of aldehydes is 1. The zero-order chi connectivity index (χ0) is 11.7. The Morgan fingerprint density at radius 2 is 1.40 bits per heavy atom. The van der Waals surface area contributed by atoms with Gasteiger partial charge >= 0.3 is 6.18 Å². The Balaban J connectivity index is 3.06. The number of carbonyl (C=O) groups excluding carboxylic acids is 1. The van der Waals surface area contributed by atoms with Gasteiger partial charge in [0.15, 0.2) is 9.52 Å². The van der Waals surface area contributed by atoms with Crippen LogP contribution in [0, 0.1) is 0 Å². The molecule has 0 aliphatic heterocycles. The first kappa shape index (κ1) is 12.7. The average molecular weight is 346 g/mol. The maximum Gasteiger partial charge on any atom is 0.416 e. The van der Waals surface area contributed by atoms with Crippen molar-refractivity contribution >= 4 is 38.1 Å². The quantitative estimate of drug-likeness (QED) is 0.588. The highest BCUT2D eigenvalue weighted by molar-refractivity contribution is 9.25. The van der Waals surface area contributed by atoms with E-state index in [-0.39, 0.29) is 0 Å². The molecule has 0 bridgehead atoms. The lowest BCUT2D eigenvalue weighted by Gasteiger charge is -2.14. The largest absolute Gasteiger partial charge is 0.416 e. The molecule has 1 nitrogen and oxygen atoms in total. The first-order valence-electron chi connectivity index (χ1n) is 3.79. The third-order valence-electron chi connectivity index (χ3n) is 1.75. The summed E-state index contributed by atoms with van der Waals surface area (Å²) < 4.78 is 35.5. The van der Waals surface area contributed by atoms with Gasteiger partial charge in [-0.25, -0.2) is 0 Å². The van der Waals surface area contributed by atoms with Crippen LogP contribution in [0.2, 0.25) is 0 Å². The van der Waals surface area contributed by atoms with Crippen molar-refractivity contribution in [2.24, 2.45) is 0 Å². The van der Waals surface area contributed by atoms with E-state index in [0.717, 1.165) is 12.1 Å². The van der Waals surface area contributed by atoms with Gasteiger partial charge in [0.05, 0.1) is 5.56 Å². The average Bonchev–Trinajstić information content (AvgIpc) is 2.17. The van der Waals surface area contributed by atoms with Crippen LogP contribution in [-0.4, -0.2) is 6.29 Å². The van der Waals surface area contributed by atoms with Gasteiger partial charge in [-0.3, -0.25) is 0 Å². The fourth-order valence-corrected chi connectivity index (χ4v) is 1.48. The highest BCUT2D eigenvalue weighted by Gasteiger charge is 2.31. The second kappa shape index (κ2) is 4.25. The summed E-state index contributed by atoms with van der Waals surface area (Å²) in [6, 6.07) is 4.33. The molecule has 0 atom stereocenters. The Hall–Kier alpha value is -0.360. The molecule has 0 radical (unpaired) electrons. The molecule has 0 saturated carbocycles. The van der Waals surface area contributed by atoms with Gasteiger partial charge in [0, 0.05) is 0 Å². The van der Waals surface area contributed by atoms with E-state index in [2.05, 4.69) is 31.9 Å². The minimum absolute atomic E-state index is 0.408. The smallest absolute Gasteiger partial charge is 0.300 e. The van der Waals surface area contributed by atoms with Crippen molar-refractivity contribution in [2.45, 2.75) is 9.41 Å². The topological polar surface area (TPSA) is 17.1 Å². The predicted octanol–water partition coefficient (Wildman–Crippen LogP) is 3.85. The first-order chi connectivity index (χ1) is 6.77. The highest BCUT2D eigenvalue weighted by atomic mass is 79.9. The van der Waals surface area contributed by atoms with Crippen molar-refractivity contribution in [2.75, 3.05) is 0 Å². The zero-order valence-corrected chi connectivity index (χ0v) is 10.4. The van der Waals surface area contributed by atoms with Crippen LogP contribution in [0.4, 0.5) is 13.2 Å². The van der Waals surface area contributed by atoms with Gasteiger partial charge in [-0.05, 0) is 17.7 Å². The molecule has 0 unspecified atom stereocenters. The molecule has 1 aromatic carbocycles. The van der Waals surface area contributed by atoms with Crippen LogP contribution in [0.15, 0.2) is 24.3 Å². The Morgan fingerprint density at radius 3 is 1.73 bits per heavy atom. The predicted molar refractivity (Wildman–Crippen MR) is 57.0 cm³/mol. The van der Waals surface area contributed by atoms with Crippen molar-refractivity contribution in [3.8, 4) is 0 Å². The van der Waals surface area contributed by atoms with Gasteiger partial charge < -0.3 is 4.79 Å². The molecular weight excluding hydrogens is 341 g/mol. The summed E-state index contributed by atoms with van der Waals surface area (Å²) in [5.74, 6) is 0. The lowest BCUT2D eigenvalue weighted by molar-refractivity contribution is -0.137. The fourth-order valence-electron chi connectivity index (χ4n) is 0.949. The van der Waals surface area contributed by atoms with Crippen LogP contribution in [0.25, 0.3) is 0 Å². The highest BCUT2D eigenvalue weighted by Crippen LogP contribution is 2.37. The molecule has 15 heavy (non-hydrogen) atoms. The van der Waals surface area contributed by atoms with E-state index in [1.165, 1.54) is 12.1 Å². The number of benzene rings is 1. The SMILES string of the molecule is O=CC(Br)(Br)c1ccc(C(F)(F)F)cc1. The second-order valence-corrected chi connectivity index (χ2v) is 6.38. The molecule has 0 amide bonds. The summed E-state index contributed by atoms with van der Waals surface area (Å²) in [4.78, 5) is 10.6. The number of alkyl halides is 5. The minimum atomic E-state index is -4.36. The number of carbonyl (C=O) groups is 1. The van der Waals surface area contributed by atoms with E-state index in [9.17, 15) is 18.0 Å². The molecule has 1 aromatic rings. The van der Waals surface area contributed by atoms with E-state index < -0.39 is 15.0 Å². The van der Waals surface area contributed by atoms with Crippen LogP contribution in [0.5, 0.6) is 0 Å². The van der Waals surface area contributed by atoms with Gasteiger partial charge in [-0.1, -0.05) is 44.0 Å². The molecule has 0 fully saturated rings. The zero-order valence-electron chi connectivity index (χ0n) is 7.18. The standard InChI is InChI=1S/C9H5Br2F3O/c10-8(11,5-15)6-1-3-7(4-2-6)9(12,13)14/h1-5H. The summed E-state index contributed by atoms with van der Waals surface area (Å²) in [5, 5.41) is 0. The summed E-state index contributed by atoms with van der Waals surface area (Å²) in [6.45, 7) is 0. The number of hydrogen-bond acceptors (Lipinski definition) is 1. The Morgan fingerprint density at radius 1 is 1.00 bits per heavy atom. The van der Waals surface area contributed by atoms with E-state index in [4.69, 9.17) is 0 Å². The van der Waals surface area contributed by atoms with Crippen LogP contribution in [0.3, 0.4) is 0 Å². The molecule has 0 N–H and O–H groups in total. The lowest BCUT2D eigenvalue weighted by atomic mass is 10.1. The van der Waals surface area contributed by atoms with Gasteiger partial charge in [-0.2, -0.15) is 13.2 Å². The Kier molecular flexibility index (Phi) is 3.60. The number of halogens is 5. The number of rotatable bonds is 2. The molecule has 6 heteroatoms. The monoisotopic (exact) mass is 344 g/mol. The maximum absolute atomic E-state index is 12.2. The van der Waals surface area contributed by atoms with E-state index in [1.54, 1.807) is 0 Å². The van der Waals surface area contributed by atoms with Crippen molar-refractivity contribution in [1.82, 2.24) is 0 Å². The third kappa shape index (κ3) is 3.04. The fraction of sp³-hybridized carbons (Fsp3) is 0.222. The Bertz CT molecular complexity index is 357. The maximum atomic E-state index is 12.2. The first-order valence-corrected chi connectivity index (χ1v) is 5.38. The summed E-state index contributed by atoms with van der Waals surface area (Å²) in [7, 11) is 0. The molecule has 1 rings (SSSR count). The molecule has 0 aliphatic carbocycles. The minimum Gasteiger partial charge on any atom is -0.300 e. The van der Waals surface area contributed by atoms with Crippen molar-refractivity contribution in [3.05, 3.63) is 35.4 Å². The Labute approximate surface area is 101 Å². The van der Waals surface area contributed by atoms with Crippen molar-refractivity contribution < 1.29 is 18.0 Å². The molecule has 0 saturated heterocycles. The van der Waals surface area contributed by atoms with Crippen LogP contribution < -0.4 is 0 Å². The van der Waals surface area contributed by atoms with Crippen molar-refractivity contribution in [3.63, 3.8) is 0 Å². The molecule has 0 aromatic heterocycles. The van der Waals surface area contributed by atoms with Gasteiger partial charge in [0.2, 0.25) is 0 Å². The second-order valence-electron chi connectivity index (χ2n) is 2.82. The molecule has 0 spiro atoms. The molecule has 0 aliphatic rings. The molecule has 0 heterocycles. The van der Waals surface area contributed by atoms with Crippen LogP contribution >= 0.6 is 31.9 Å². The number of hydrogen-bond donors (Lipinski definition) is 0. The van der Waals surface area contributed by atoms with E-state index in [1.807, 2.05) is 0 Å². The third-order valence-corrected chi connectivity index (χ3v) is 3.03. The van der Waals surface area contributed by atoms with Gasteiger partial charge in [-0.15, -0.1) is 0 Å². The van der Waals surface area contributed by atoms with Crippen LogP contribution in [-0.2, 0) is 14.2 Å².